The van der Waals surface area contributed by atoms with Gasteiger partial charge in [-0.15, -0.1) is 10.2 Å². The fraction of sp³-hybridized carbons (Fsp3) is 0.333. The van der Waals surface area contributed by atoms with E-state index in [0.717, 1.165) is 23.5 Å². The first-order valence-electron chi connectivity index (χ1n) is 10.2. The average molecular weight is 474 g/mol. The molecule has 2 fully saturated rings. The molecule has 3 atom stereocenters. The van der Waals surface area contributed by atoms with Crippen molar-refractivity contribution in [3.8, 4) is 16.3 Å². The zero-order valence-electron chi connectivity index (χ0n) is 16.9. The average Bonchev–Trinajstić information content (AvgIpc) is 3.48. The highest BCUT2D eigenvalue weighted by Gasteiger charge is 2.51. The van der Waals surface area contributed by atoms with Crippen molar-refractivity contribution in [2.75, 3.05) is 13.2 Å². The van der Waals surface area contributed by atoms with Crippen molar-refractivity contribution in [1.29, 1.82) is 0 Å². The van der Waals surface area contributed by atoms with E-state index < -0.39 is 34.9 Å². The van der Waals surface area contributed by atoms with Crippen LogP contribution in [0.2, 0.25) is 0 Å². The summed E-state index contributed by atoms with van der Waals surface area (Å²) >= 11 is 1.05. The minimum absolute atomic E-state index is 0.0657. The number of aromatic nitrogens is 3. The second-order valence-corrected chi connectivity index (χ2v) is 9.14. The molecule has 3 aliphatic rings. The number of hydrogen-bond donors (Lipinski definition) is 1. The summed E-state index contributed by atoms with van der Waals surface area (Å²) in [5, 5.41) is 19.3. The second kappa shape index (κ2) is 7.40. The van der Waals surface area contributed by atoms with Gasteiger partial charge in [0.1, 0.15) is 22.7 Å². The van der Waals surface area contributed by atoms with Crippen LogP contribution in [0.4, 0.5) is 8.78 Å². The number of rotatable bonds is 3. The maximum atomic E-state index is 14.0. The summed E-state index contributed by atoms with van der Waals surface area (Å²) < 4.78 is 39.9. The lowest BCUT2D eigenvalue weighted by atomic mass is 10.1. The topological polar surface area (TPSA) is 107 Å². The van der Waals surface area contributed by atoms with E-state index in [4.69, 9.17) is 9.47 Å². The van der Waals surface area contributed by atoms with Crippen LogP contribution in [0.15, 0.2) is 29.2 Å². The molecule has 3 aliphatic heterocycles. The SMILES string of the molecule is O=C1c2c(O)c(=O)c(-c3nnc(Cc4ccc(F)cc4F)s3)cn2CC2OC3COCC3N12. The molecule has 6 rings (SSSR count). The first kappa shape index (κ1) is 20.4. The summed E-state index contributed by atoms with van der Waals surface area (Å²) in [6.07, 6.45) is 0.768. The van der Waals surface area contributed by atoms with Crippen LogP contribution in [0.25, 0.3) is 10.6 Å². The van der Waals surface area contributed by atoms with Crippen LogP contribution in [-0.4, -0.2) is 62.3 Å². The Balaban J connectivity index is 1.34. The van der Waals surface area contributed by atoms with Crippen LogP contribution < -0.4 is 5.43 Å². The number of halogens is 2. The second-order valence-electron chi connectivity index (χ2n) is 8.08. The standard InChI is InChI=1S/C21H16F2N4O5S/c22-10-2-1-9(12(23)4-10)3-15-24-25-20(33-15)11-5-26-6-16-27(13-7-31-8-14(13)32-16)21(30)17(26)19(29)18(11)28/h1-2,4-5,13-14,16,29H,3,6-8H2. The van der Waals surface area contributed by atoms with E-state index in [1.165, 1.54) is 21.7 Å². The smallest absolute Gasteiger partial charge is 0.277 e. The molecule has 9 nitrogen and oxygen atoms in total. The maximum Gasteiger partial charge on any atom is 0.277 e. The third kappa shape index (κ3) is 3.16. The number of ether oxygens (including phenoxy) is 2. The third-order valence-corrected chi connectivity index (χ3v) is 7.06. The summed E-state index contributed by atoms with van der Waals surface area (Å²) in [7, 11) is 0. The summed E-state index contributed by atoms with van der Waals surface area (Å²) in [4.78, 5) is 27.6. The van der Waals surface area contributed by atoms with Crippen LogP contribution >= 0.6 is 11.3 Å². The van der Waals surface area contributed by atoms with Crippen LogP contribution in [0.3, 0.4) is 0 Å². The predicted molar refractivity (Wildman–Crippen MR) is 110 cm³/mol. The molecule has 12 heteroatoms. The van der Waals surface area contributed by atoms with E-state index in [0.29, 0.717) is 18.2 Å². The summed E-state index contributed by atoms with van der Waals surface area (Å²) in [6.45, 7) is 0.970. The van der Waals surface area contributed by atoms with Gasteiger partial charge in [-0.3, -0.25) is 9.59 Å². The third-order valence-electron chi connectivity index (χ3n) is 6.10. The van der Waals surface area contributed by atoms with Gasteiger partial charge >= 0.3 is 0 Å². The van der Waals surface area contributed by atoms with Gasteiger partial charge in [0.25, 0.3) is 5.91 Å². The van der Waals surface area contributed by atoms with Gasteiger partial charge in [0.2, 0.25) is 5.43 Å². The Bertz CT molecular complexity index is 1360. The fourth-order valence-electron chi connectivity index (χ4n) is 4.53. The molecule has 3 aromatic rings. The van der Waals surface area contributed by atoms with Crippen LogP contribution in [0.1, 0.15) is 21.1 Å². The van der Waals surface area contributed by atoms with Gasteiger partial charge < -0.3 is 24.0 Å². The molecule has 1 aromatic carbocycles. The largest absolute Gasteiger partial charge is 0.503 e. The number of carbonyl (C=O) groups excluding carboxylic acids is 1. The lowest BCUT2D eigenvalue weighted by molar-refractivity contribution is -0.0381. The molecular weight excluding hydrogens is 458 g/mol. The number of nitrogens with zero attached hydrogens (tertiary/aromatic N) is 4. The molecule has 1 N–H and O–H groups in total. The Morgan fingerprint density at radius 2 is 2.06 bits per heavy atom. The number of pyridine rings is 1. The molecule has 2 saturated heterocycles. The lowest BCUT2D eigenvalue weighted by Crippen LogP contribution is -2.50. The predicted octanol–water partition coefficient (Wildman–Crippen LogP) is 1.52. The van der Waals surface area contributed by atoms with Crippen LogP contribution in [0, 0.1) is 11.6 Å². The maximum absolute atomic E-state index is 14.0. The highest BCUT2D eigenvalue weighted by molar-refractivity contribution is 7.14. The van der Waals surface area contributed by atoms with E-state index in [-0.39, 0.29) is 46.9 Å². The molecule has 0 saturated carbocycles. The Labute approximate surface area is 188 Å². The zero-order valence-corrected chi connectivity index (χ0v) is 17.7. The number of amides is 1. The Morgan fingerprint density at radius 3 is 2.88 bits per heavy atom. The van der Waals surface area contributed by atoms with Gasteiger partial charge in [-0.05, 0) is 11.6 Å². The van der Waals surface area contributed by atoms with Gasteiger partial charge in [0, 0.05) is 18.7 Å². The fourth-order valence-corrected chi connectivity index (χ4v) is 5.40. The molecule has 2 aromatic heterocycles. The van der Waals surface area contributed by atoms with Crippen molar-refractivity contribution < 1.29 is 28.2 Å². The monoisotopic (exact) mass is 474 g/mol. The minimum atomic E-state index is -0.747. The first-order chi connectivity index (χ1) is 15.9. The Morgan fingerprint density at radius 1 is 1.21 bits per heavy atom. The molecular formula is C21H16F2N4O5S. The molecule has 170 valence electrons. The van der Waals surface area contributed by atoms with Gasteiger partial charge in [0.05, 0.1) is 31.4 Å². The van der Waals surface area contributed by atoms with Gasteiger partial charge in [-0.25, -0.2) is 8.78 Å². The quantitative estimate of drug-likeness (QED) is 0.614. The number of aromatic hydroxyl groups is 1. The zero-order chi connectivity index (χ0) is 22.9. The molecule has 0 spiro atoms. The van der Waals surface area contributed by atoms with Crippen molar-refractivity contribution >= 4 is 17.2 Å². The number of hydrogen-bond acceptors (Lipinski definition) is 8. The lowest BCUT2D eigenvalue weighted by Gasteiger charge is -2.34. The molecule has 1 amide bonds. The van der Waals surface area contributed by atoms with Crippen molar-refractivity contribution in [3.05, 3.63) is 62.5 Å². The highest BCUT2D eigenvalue weighted by atomic mass is 32.1. The summed E-state index contributed by atoms with van der Waals surface area (Å²) in [5.41, 5.74) is -0.539. The minimum Gasteiger partial charge on any atom is -0.503 e. The van der Waals surface area contributed by atoms with Gasteiger partial charge in [0.15, 0.2) is 22.7 Å². The van der Waals surface area contributed by atoms with Crippen molar-refractivity contribution in [3.63, 3.8) is 0 Å². The summed E-state index contributed by atoms with van der Waals surface area (Å²) in [6, 6.07) is 3.02. The summed E-state index contributed by atoms with van der Waals surface area (Å²) in [5.74, 6) is -2.54. The molecule has 0 aliphatic carbocycles. The molecule has 5 heterocycles. The van der Waals surface area contributed by atoms with E-state index in [2.05, 4.69) is 10.2 Å². The highest BCUT2D eigenvalue weighted by Crippen LogP contribution is 2.36. The molecule has 3 unspecified atom stereocenters. The van der Waals surface area contributed by atoms with E-state index in [1.807, 2.05) is 0 Å². The van der Waals surface area contributed by atoms with Crippen molar-refractivity contribution in [1.82, 2.24) is 19.7 Å². The van der Waals surface area contributed by atoms with E-state index in [1.54, 1.807) is 0 Å². The van der Waals surface area contributed by atoms with Crippen LogP contribution in [-0.2, 0) is 22.4 Å². The van der Waals surface area contributed by atoms with Crippen molar-refractivity contribution in [2.24, 2.45) is 0 Å². The Kier molecular flexibility index (Phi) is 4.57. The Hall–Kier alpha value is -3.22. The molecule has 0 radical (unpaired) electrons. The molecule has 33 heavy (non-hydrogen) atoms. The number of carbonyl (C=O) groups is 1. The normalized spacial score (nSPS) is 23.5. The molecule has 0 bridgehead atoms. The van der Waals surface area contributed by atoms with E-state index >= 15 is 0 Å². The van der Waals surface area contributed by atoms with E-state index in [9.17, 15) is 23.5 Å². The van der Waals surface area contributed by atoms with Gasteiger partial charge in [-0.2, -0.15) is 0 Å². The van der Waals surface area contributed by atoms with Crippen molar-refractivity contribution in [2.45, 2.75) is 31.3 Å². The number of benzene rings is 1. The van der Waals surface area contributed by atoms with Crippen LogP contribution in [0.5, 0.6) is 5.75 Å². The number of fused-ring (bicyclic) bond motifs is 4. The van der Waals surface area contributed by atoms with Gasteiger partial charge in [-0.1, -0.05) is 17.4 Å². The first-order valence-corrected chi connectivity index (χ1v) is 11.0.